The Morgan fingerprint density at radius 1 is 1.53 bits per heavy atom. The number of ether oxygens (including phenoxy) is 1. The summed E-state index contributed by atoms with van der Waals surface area (Å²) in [5.41, 5.74) is 0. The van der Waals surface area contributed by atoms with Crippen molar-refractivity contribution in [3.8, 4) is 0 Å². The van der Waals surface area contributed by atoms with Gasteiger partial charge in [-0.3, -0.25) is 0 Å². The Labute approximate surface area is 90.1 Å². The molecule has 2 nitrogen and oxygen atoms in total. The number of hydrogen-bond donors (Lipinski definition) is 1. The van der Waals surface area contributed by atoms with Gasteiger partial charge in [-0.1, -0.05) is 6.07 Å². The monoisotopic (exact) mass is 239 g/mol. The number of nitrogens with one attached hydrogen (secondary N) is 1. The van der Waals surface area contributed by atoms with E-state index in [2.05, 4.69) is 10.1 Å². The SMILES string of the molecule is CNC(COCC(F)(F)F)c1cccs1. The van der Waals surface area contributed by atoms with Gasteiger partial charge < -0.3 is 10.1 Å². The number of hydrogen-bond acceptors (Lipinski definition) is 3. The molecule has 1 heterocycles. The molecule has 0 spiro atoms. The molecule has 1 aromatic heterocycles. The first-order valence-electron chi connectivity index (χ1n) is 4.38. The molecule has 1 aromatic rings. The third-order valence-electron chi connectivity index (χ3n) is 1.79. The first kappa shape index (κ1) is 12.5. The summed E-state index contributed by atoms with van der Waals surface area (Å²) < 4.78 is 40.0. The van der Waals surface area contributed by atoms with Gasteiger partial charge in [-0.2, -0.15) is 13.2 Å². The molecule has 86 valence electrons. The minimum Gasteiger partial charge on any atom is -0.370 e. The Morgan fingerprint density at radius 3 is 2.73 bits per heavy atom. The molecular weight excluding hydrogens is 227 g/mol. The van der Waals surface area contributed by atoms with Gasteiger partial charge in [-0.15, -0.1) is 11.3 Å². The smallest absolute Gasteiger partial charge is 0.370 e. The molecule has 0 radical (unpaired) electrons. The van der Waals surface area contributed by atoms with Crippen LogP contribution in [-0.4, -0.2) is 26.4 Å². The largest absolute Gasteiger partial charge is 0.411 e. The van der Waals surface area contributed by atoms with E-state index in [1.54, 1.807) is 7.05 Å². The molecule has 1 rings (SSSR count). The molecule has 0 aliphatic rings. The zero-order valence-electron chi connectivity index (χ0n) is 8.17. The van der Waals surface area contributed by atoms with Crippen LogP contribution in [0.4, 0.5) is 13.2 Å². The Hall–Kier alpha value is -0.590. The van der Waals surface area contributed by atoms with Crippen molar-refractivity contribution in [2.75, 3.05) is 20.3 Å². The molecule has 0 fully saturated rings. The average molecular weight is 239 g/mol. The van der Waals surface area contributed by atoms with E-state index in [0.29, 0.717) is 0 Å². The fourth-order valence-electron chi connectivity index (χ4n) is 1.09. The molecule has 0 aliphatic carbocycles. The first-order valence-corrected chi connectivity index (χ1v) is 5.26. The van der Waals surface area contributed by atoms with Crippen LogP contribution in [0.3, 0.4) is 0 Å². The van der Waals surface area contributed by atoms with Crippen LogP contribution in [0.1, 0.15) is 10.9 Å². The molecule has 15 heavy (non-hydrogen) atoms. The van der Waals surface area contributed by atoms with Crippen molar-refractivity contribution in [3.63, 3.8) is 0 Å². The minimum absolute atomic E-state index is 0.0243. The van der Waals surface area contributed by atoms with E-state index < -0.39 is 12.8 Å². The van der Waals surface area contributed by atoms with Gasteiger partial charge in [0.05, 0.1) is 12.6 Å². The second-order valence-electron chi connectivity index (χ2n) is 2.99. The number of likely N-dealkylation sites (N-methyl/N-ethyl adjacent to an activating group) is 1. The van der Waals surface area contributed by atoms with Crippen LogP contribution in [-0.2, 0) is 4.74 Å². The lowest BCUT2D eigenvalue weighted by molar-refractivity contribution is -0.175. The maximum atomic E-state index is 11.8. The minimum atomic E-state index is -4.26. The van der Waals surface area contributed by atoms with Crippen molar-refractivity contribution in [1.82, 2.24) is 5.32 Å². The molecule has 1 atom stereocenters. The van der Waals surface area contributed by atoms with Crippen LogP contribution in [0.5, 0.6) is 0 Å². The van der Waals surface area contributed by atoms with Crippen LogP contribution in [0.15, 0.2) is 17.5 Å². The lowest BCUT2D eigenvalue weighted by atomic mass is 10.2. The maximum Gasteiger partial charge on any atom is 0.411 e. The van der Waals surface area contributed by atoms with Crippen LogP contribution in [0.25, 0.3) is 0 Å². The second-order valence-corrected chi connectivity index (χ2v) is 3.97. The highest BCUT2D eigenvalue weighted by Crippen LogP contribution is 2.20. The molecule has 1 unspecified atom stereocenters. The number of alkyl halides is 3. The van der Waals surface area contributed by atoms with Crippen LogP contribution in [0, 0.1) is 0 Å². The standard InChI is InChI=1S/C9H12F3NOS/c1-13-7(8-3-2-4-15-8)5-14-6-9(10,11)12/h2-4,7,13H,5-6H2,1H3. The third kappa shape index (κ3) is 4.63. The van der Waals surface area contributed by atoms with Gasteiger partial charge in [0.1, 0.15) is 6.61 Å². The van der Waals surface area contributed by atoms with Crippen molar-refractivity contribution < 1.29 is 17.9 Å². The topological polar surface area (TPSA) is 21.3 Å². The molecule has 0 aliphatic heterocycles. The quantitative estimate of drug-likeness (QED) is 0.852. The van der Waals surface area contributed by atoms with Crippen molar-refractivity contribution in [1.29, 1.82) is 0 Å². The van der Waals surface area contributed by atoms with E-state index in [-0.39, 0.29) is 12.6 Å². The predicted octanol–water partition coefficient (Wildman–Crippen LogP) is 2.59. The van der Waals surface area contributed by atoms with Crippen molar-refractivity contribution in [2.24, 2.45) is 0 Å². The third-order valence-corrected chi connectivity index (χ3v) is 2.77. The fourth-order valence-corrected chi connectivity index (χ4v) is 1.91. The summed E-state index contributed by atoms with van der Waals surface area (Å²) in [7, 11) is 1.70. The second kappa shape index (κ2) is 5.48. The Kier molecular flexibility index (Phi) is 4.56. The number of thiophene rings is 1. The van der Waals surface area contributed by atoms with Crippen LogP contribution < -0.4 is 5.32 Å². The first-order chi connectivity index (χ1) is 7.03. The maximum absolute atomic E-state index is 11.8. The van der Waals surface area contributed by atoms with Gasteiger partial charge in [0.2, 0.25) is 0 Å². The Bertz CT molecular complexity index is 273. The fraction of sp³-hybridized carbons (Fsp3) is 0.556. The van der Waals surface area contributed by atoms with Crippen molar-refractivity contribution >= 4 is 11.3 Å². The van der Waals surface area contributed by atoms with Crippen molar-refractivity contribution in [2.45, 2.75) is 12.2 Å². The van der Waals surface area contributed by atoms with E-state index in [4.69, 9.17) is 0 Å². The van der Waals surface area contributed by atoms with Gasteiger partial charge in [-0.05, 0) is 18.5 Å². The highest BCUT2D eigenvalue weighted by atomic mass is 32.1. The molecule has 0 saturated heterocycles. The van der Waals surface area contributed by atoms with Gasteiger partial charge in [0, 0.05) is 4.88 Å². The predicted molar refractivity (Wildman–Crippen MR) is 53.0 cm³/mol. The zero-order valence-corrected chi connectivity index (χ0v) is 8.99. The van der Waals surface area contributed by atoms with Crippen LogP contribution >= 0.6 is 11.3 Å². The highest BCUT2D eigenvalue weighted by molar-refractivity contribution is 7.10. The van der Waals surface area contributed by atoms with E-state index in [1.165, 1.54) is 11.3 Å². The summed E-state index contributed by atoms with van der Waals surface area (Å²) in [6, 6.07) is 3.55. The molecule has 0 aromatic carbocycles. The lowest BCUT2D eigenvalue weighted by Gasteiger charge is -2.15. The van der Waals surface area contributed by atoms with E-state index in [0.717, 1.165) is 4.88 Å². The molecule has 0 saturated carbocycles. The Morgan fingerprint density at radius 2 is 2.27 bits per heavy atom. The van der Waals surface area contributed by atoms with Crippen molar-refractivity contribution in [3.05, 3.63) is 22.4 Å². The van der Waals surface area contributed by atoms with Gasteiger partial charge in [-0.25, -0.2) is 0 Å². The molecule has 0 bridgehead atoms. The lowest BCUT2D eigenvalue weighted by Crippen LogP contribution is -2.25. The summed E-state index contributed by atoms with van der Waals surface area (Å²) in [4.78, 5) is 0.972. The van der Waals surface area contributed by atoms with Gasteiger partial charge >= 0.3 is 6.18 Å². The van der Waals surface area contributed by atoms with E-state index in [1.807, 2.05) is 17.5 Å². The summed E-state index contributed by atoms with van der Waals surface area (Å²) in [6.07, 6.45) is -4.26. The van der Waals surface area contributed by atoms with E-state index >= 15 is 0 Å². The summed E-state index contributed by atoms with van der Waals surface area (Å²) >= 11 is 1.49. The molecular formula is C9H12F3NOS. The summed E-state index contributed by atoms with van der Waals surface area (Å²) in [5.74, 6) is 0. The zero-order chi connectivity index (χ0) is 11.3. The summed E-state index contributed by atoms with van der Waals surface area (Å²) in [5, 5.41) is 4.79. The van der Waals surface area contributed by atoms with Gasteiger partial charge in [0.15, 0.2) is 0 Å². The molecule has 6 heteroatoms. The van der Waals surface area contributed by atoms with Gasteiger partial charge in [0.25, 0.3) is 0 Å². The normalized spacial score (nSPS) is 14.1. The highest BCUT2D eigenvalue weighted by Gasteiger charge is 2.28. The summed E-state index contributed by atoms with van der Waals surface area (Å²) in [6.45, 7) is -1.17. The number of rotatable bonds is 5. The average Bonchev–Trinajstić information content (AvgIpc) is 2.63. The Balaban J connectivity index is 2.36. The molecule has 0 amide bonds. The number of halogens is 3. The van der Waals surface area contributed by atoms with Crippen LogP contribution in [0.2, 0.25) is 0 Å². The molecule has 1 N–H and O–H groups in total. The van der Waals surface area contributed by atoms with E-state index in [9.17, 15) is 13.2 Å².